The molecule has 2 aromatic carbocycles. The third kappa shape index (κ3) is 4.49. The number of aromatic amines is 1. The predicted molar refractivity (Wildman–Crippen MR) is 105 cm³/mol. The van der Waals surface area contributed by atoms with Crippen LogP contribution in [0.2, 0.25) is 0 Å². The Balaban J connectivity index is 1.79. The molecule has 1 aromatic heterocycles. The third-order valence-electron chi connectivity index (χ3n) is 4.04. The first-order valence-corrected chi connectivity index (χ1v) is 8.42. The van der Waals surface area contributed by atoms with E-state index in [1.807, 2.05) is 32.0 Å². The average Bonchev–Trinajstić information content (AvgIpc) is 2.64. The van der Waals surface area contributed by atoms with Crippen LogP contribution < -0.4 is 16.2 Å². The van der Waals surface area contributed by atoms with E-state index in [0.29, 0.717) is 16.9 Å². The zero-order valence-electron chi connectivity index (χ0n) is 15.0. The second-order valence-corrected chi connectivity index (χ2v) is 6.24. The summed E-state index contributed by atoms with van der Waals surface area (Å²) >= 11 is 0. The number of aryl methyl sites for hydroxylation is 2. The molecule has 6 nitrogen and oxygen atoms in total. The summed E-state index contributed by atoms with van der Waals surface area (Å²) in [5.41, 5.74) is 3.34. The lowest BCUT2D eigenvalue weighted by atomic mass is 10.1. The fraction of sp³-hybridized carbons (Fsp3) is 0.0952. The van der Waals surface area contributed by atoms with Crippen LogP contribution in [0.25, 0.3) is 0 Å². The first kappa shape index (κ1) is 18.1. The maximum Gasteiger partial charge on any atom is 0.272 e. The molecule has 3 aromatic rings. The molecule has 0 bridgehead atoms. The standard InChI is InChI=1S/C21H19N3O3/c1-13-5-3-6-15(11-13)20(26)24-18-12-16(10-9-14(18)2)22-21(27)17-7-4-8-19(25)23-17/h3-12H,1-2H3,(H,22,27)(H,23,25)(H,24,26). The number of pyridine rings is 1. The Morgan fingerprint density at radius 3 is 2.37 bits per heavy atom. The monoisotopic (exact) mass is 361 g/mol. The van der Waals surface area contributed by atoms with Gasteiger partial charge in [0.05, 0.1) is 0 Å². The number of rotatable bonds is 4. The molecule has 3 rings (SSSR count). The van der Waals surface area contributed by atoms with Crippen molar-refractivity contribution in [3.05, 3.63) is 93.4 Å². The number of H-pyrrole nitrogens is 1. The summed E-state index contributed by atoms with van der Waals surface area (Å²) < 4.78 is 0. The molecule has 0 spiro atoms. The summed E-state index contributed by atoms with van der Waals surface area (Å²) in [6.07, 6.45) is 0. The Kier molecular flexibility index (Phi) is 5.17. The lowest BCUT2D eigenvalue weighted by molar-refractivity contribution is 0.101. The number of aromatic nitrogens is 1. The van der Waals surface area contributed by atoms with Crippen molar-refractivity contribution < 1.29 is 9.59 Å². The molecule has 0 aliphatic heterocycles. The summed E-state index contributed by atoms with van der Waals surface area (Å²) in [6.45, 7) is 3.79. The fourth-order valence-electron chi connectivity index (χ4n) is 2.59. The van der Waals surface area contributed by atoms with Gasteiger partial charge in [-0.15, -0.1) is 0 Å². The van der Waals surface area contributed by atoms with Crippen LogP contribution >= 0.6 is 0 Å². The Hall–Kier alpha value is -3.67. The predicted octanol–water partition coefficient (Wildman–Crippen LogP) is 3.50. The van der Waals surface area contributed by atoms with Crippen LogP contribution in [-0.4, -0.2) is 16.8 Å². The van der Waals surface area contributed by atoms with Crippen molar-refractivity contribution in [1.82, 2.24) is 4.98 Å². The van der Waals surface area contributed by atoms with Crippen LogP contribution in [0.15, 0.2) is 65.5 Å². The van der Waals surface area contributed by atoms with Crippen molar-refractivity contribution in [3.63, 3.8) is 0 Å². The highest BCUT2D eigenvalue weighted by atomic mass is 16.2. The van der Waals surface area contributed by atoms with Gasteiger partial charge in [0.15, 0.2) is 0 Å². The van der Waals surface area contributed by atoms with Gasteiger partial charge < -0.3 is 15.6 Å². The number of benzene rings is 2. The van der Waals surface area contributed by atoms with Gasteiger partial charge in [0.1, 0.15) is 5.69 Å². The Labute approximate surface area is 156 Å². The van der Waals surface area contributed by atoms with Crippen molar-refractivity contribution in [2.24, 2.45) is 0 Å². The van der Waals surface area contributed by atoms with Gasteiger partial charge in [0.2, 0.25) is 5.56 Å². The van der Waals surface area contributed by atoms with Crippen molar-refractivity contribution >= 4 is 23.2 Å². The third-order valence-corrected chi connectivity index (χ3v) is 4.04. The van der Waals surface area contributed by atoms with E-state index in [0.717, 1.165) is 11.1 Å². The number of hydrogen-bond acceptors (Lipinski definition) is 3. The number of amides is 2. The molecular formula is C21H19N3O3. The van der Waals surface area contributed by atoms with E-state index in [-0.39, 0.29) is 17.2 Å². The van der Waals surface area contributed by atoms with E-state index in [1.165, 1.54) is 18.2 Å². The highest BCUT2D eigenvalue weighted by Crippen LogP contribution is 2.21. The minimum Gasteiger partial charge on any atom is -0.322 e. The number of hydrogen-bond donors (Lipinski definition) is 3. The Bertz CT molecular complexity index is 1070. The van der Waals surface area contributed by atoms with Gasteiger partial charge in [0, 0.05) is 23.0 Å². The summed E-state index contributed by atoms with van der Waals surface area (Å²) in [5, 5.41) is 5.58. The molecule has 0 atom stereocenters. The van der Waals surface area contributed by atoms with Crippen LogP contribution in [0, 0.1) is 13.8 Å². The Morgan fingerprint density at radius 1 is 0.852 bits per heavy atom. The maximum atomic E-state index is 12.5. The first-order chi connectivity index (χ1) is 12.9. The van der Waals surface area contributed by atoms with Crippen LogP contribution in [-0.2, 0) is 0 Å². The first-order valence-electron chi connectivity index (χ1n) is 8.42. The topological polar surface area (TPSA) is 91.1 Å². The van der Waals surface area contributed by atoms with Crippen LogP contribution in [0.3, 0.4) is 0 Å². The maximum absolute atomic E-state index is 12.5. The summed E-state index contributed by atoms with van der Waals surface area (Å²) in [7, 11) is 0. The van der Waals surface area contributed by atoms with Gasteiger partial charge in [-0.25, -0.2) is 0 Å². The van der Waals surface area contributed by atoms with E-state index in [1.54, 1.807) is 24.3 Å². The Morgan fingerprint density at radius 2 is 1.63 bits per heavy atom. The van der Waals surface area contributed by atoms with Gasteiger partial charge in [0.25, 0.3) is 11.8 Å². The highest BCUT2D eigenvalue weighted by molar-refractivity contribution is 6.06. The SMILES string of the molecule is Cc1cccc(C(=O)Nc2cc(NC(=O)c3cccc(=O)[nH]3)ccc2C)c1. The molecule has 27 heavy (non-hydrogen) atoms. The number of nitrogens with one attached hydrogen (secondary N) is 3. The number of anilines is 2. The van der Waals surface area contributed by atoms with E-state index < -0.39 is 5.91 Å². The van der Waals surface area contributed by atoms with E-state index in [4.69, 9.17) is 0 Å². The second-order valence-electron chi connectivity index (χ2n) is 6.24. The van der Waals surface area contributed by atoms with Crippen LogP contribution in [0.5, 0.6) is 0 Å². The van der Waals surface area contributed by atoms with Crippen molar-refractivity contribution in [2.45, 2.75) is 13.8 Å². The summed E-state index contributed by atoms with van der Waals surface area (Å²) in [5.74, 6) is -0.662. The minimum absolute atomic E-state index is 0.161. The van der Waals surface area contributed by atoms with Gasteiger partial charge in [-0.2, -0.15) is 0 Å². The van der Waals surface area contributed by atoms with Crippen LogP contribution in [0.4, 0.5) is 11.4 Å². The molecule has 136 valence electrons. The second kappa shape index (κ2) is 7.70. The molecule has 0 saturated heterocycles. The minimum atomic E-state index is -0.437. The van der Waals surface area contributed by atoms with Crippen molar-refractivity contribution in [1.29, 1.82) is 0 Å². The number of carbonyl (C=O) groups is 2. The molecule has 2 amide bonds. The number of carbonyl (C=O) groups excluding carboxylic acids is 2. The van der Waals surface area contributed by atoms with Crippen LogP contribution in [0.1, 0.15) is 32.0 Å². The zero-order chi connectivity index (χ0) is 19.4. The van der Waals surface area contributed by atoms with Gasteiger partial charge in [-0.1, -0.05) is 29.8 Å². The molecule has 0 radical (unpaired) electrons. The smallest absolute Gasteiger partial charge is 0.272 e. The van der Waals surface area contributed by atoms with E-state index in [9.17, 15) is 14.4 Å². The van der Waals surface area contributed by atoms with E-state index in [2.05, 4.69) is 15.6 Å². The average molecular weight is 361 g/mol. The largest absolute Gasteiger partial charge is 0.322 e. The molecular weight excluding hydrogens is 342 g/mol. The molecule has 0 aliphatic carbocycles. The molecule has 3 N–H and O–H groups in total. The normalized spacial score (nSPS) is 10.3. The van der Waals surface area contributed by atoms with Crippen molar-refractivity contribution in [2.75, 3.05) is 10.6 Å². The molecule has 0 fully saturated rings. The van der Waals surface area contributed by atoms with Gasteiger partial charge in [-0.05, 0) is 49.7 Å². The summed E-state index contributed by atoms with van der Waals surface area (Å²) in [4.78, 5) is 38.6. The van der Waals surface area contributed by atoms with E-state index >= 15 is 0 Å². The fourth-order valence-corrected chi connectivity index (χ4v) is 2.59. The zero-order valence-corrected chi connectivity index (χ0v) is 15.0. The molecule has 6 heteroatoms. The molecule has 1 heterocycles. The van der Waals surface area contributed by atoms with Gasteiger partial charge >= 0.3 is 0 Å². The molecule has 0 unspecified atom stereocenters. The molecule has 0 aliphatic rings. The molecule has 0 saturated carbocycles. The highest BCUT2D eigenvalue weighted by Gasteiger charge is 2.11. The summed E-state index contributed by atoms with van der Waals surface area (Å²) in [6, 6.07) is 16.9. The lowest BCUT2D eigenvalue weighted by Crippen LogP contribution is -2.18. The lowest BCUT2D eigenvalue weighted by Gasteiger charge is -2.12. The quantitative estimate of drug-likeness (QED) is 0.664. The van der Waals surface area contributed by atoms with Crippen molar-refractivity contribution in [3.8, 4) is 0 Å². The van der Waals surface area contributed by atoms with Gasteiger partial charge in [-0.3, -0.25) is 14.4 Å².